The second-order valence-electron chi connectivity index (χ2n) is 7.18. The molecule has 3 heteroatoms. The molecule has 2 rings (SSSR count). The van der Waals surface area contributed by atoms with E-state index >= 15 is 0 Å². The van der Waals surface area contributed by atoms with Crippen molar-refractivity contribution in [1.29, 1.82) is 5.26 Å². The van der Waals surface area contributed by atoms with Gasteiger partial charge in [-0.25, -0.2) is 0 Å². The van der Waals surface area contributed by atoms with E-state index in [0.717, 1.165) is 30.6 Å². The fourth-order valence-electron chi connectivity index (χ4n) is 3.10. The highest BCUT2D eigenvalue weighted by molar-refractivity contribution is 6.30. The first-order chi connectivity index (χ1) is 9.81. The van der Waals surface area contributed by atoms with Crippen molar-refractivity contribution < 1.29 is 4.74 Å². The molecule has 0 radical (unpaired) electrons. The third-order valence-electron chi connectivity index (χ3n) is 4.60. The van der Waals surface area contributed by atoms with Gasteiger partial charge in [0.25, 0.3) is 0 Å². The molecule has 0 heterocycles. The minimum absolute atomic E-state index is 0.0151. The van der Waals surface area contributed by atoms with Crippen LogP contribution in [0, 0.1) is 35.5 Å². The zero-order chi connectivity index (χ0) is 15.6. The average Bonchev–Trinajstić information content (AvgIpc) is 2.41. The van der Waals surface area contributed by atoms with Crippen molar-refractivity contribution in [3.8, 4) is 11.8 Å². The van der Waals surface area contributed by atoms with Gasteiger partial charge < -0.3 is 4.74 Å². The van der Waals surface area contributed by atoms with Crippen LogP contribution in [0.3, 0.4) is 0 Å². The Bertz CT molecular complexity index is 541. The summed E-state index contributed by atoms with van der Waals surface area (Å²) in [6, 6.07) is 8.08. The van der Waals surface area contributed by atoms with Crippen molar-refractivity contribution in [1.82, 2.24) is 0 Å². The normalized spacial score (nSPS) is 26.2. The van der Waals surface area contributed by atoms with Crippen LogP contribution >= 0.6 is 11.6 Å². The maximum Gasteiger partial charge on any atom is 0.122 e. The fraction of sp³-hybridized carbons (Fsp3) is 0.611. The number of ether oxygens (including phenoxy) is 1. The highest BCUT2D eigenvalue weighted by Gasteiger charge is 2.37. The molecule has 2 nitrogen and oxygen atoms in total. The lowest BCUT2D eigenvalue weighted by Gasteiger charge is -2.39. The van der Waals surface area contributed by atoms with Crippen LogP contribution in [0.1, 0.15) is 45.6 Å². The number of hydrogen-bond donors (Lipinski definition) is 0. The van der Waals surface area contributed by atoms with Gasteiger partial charge in [-0.1, -0.05) is 32.4 Å². The molecule has 1 aliphatic carbocycles. The van der Waals surface area contributed by atoms with E-state index in [2.05, 4.69) is 26.8 Å². The first kappa shape index (κ1) is 16.2. The molecule has 1 saturated carbocycles. The molecule has 1 fully saturated rings. The first-order valence-electron chi connectivity index (χ1n) is 7.63. The predicted molar refractivity (Wildman–Crippen MR) is 86.5 cm³/mol. The number of nitriles is 1. The lowest BCUT2D eigenvalue weighted by atomic mass is 9.69. The molecule has 1 aromatic rings. The third kappa shape index (κ3) is 3.92. The lowest BCUT2D eigenvalue weighted by molar-refractivity contribution is 0.0489. The molecule has 0 amide bonds. The van der Waals surface area contributed by atoms with Gasteiger partial charge in [-0.05, 0) is 61.3 Å². The van der Waals surface area contributed by atoms with Crippen molar-refractivity contribution in [2.75, 3.05) is 0 Å². The Morgan fingerprint density at radius 1 is 1.29 bits per heavy atom. The van der Waals surface area contributed by atoms with E-state index in [9.17, 15) is 5.26 Å². The van der Waals surface area contributed by atoms with Crippen LogP contribution in [0.15, 0.2) is 18.2 Å². The molecule has 1 aliphatic rings. The Balaban J connectivity index is 2.16. The maximum absolute atomic E-state index is 9.39. The standard InChI is InChI=1S/C18H24ClNO/c1-12-9-15(19)7-8-16(12)21-17-10-14(18(2,3)4)6-5-13(17)11-20/h7-9,13-14,17H,5-6,10H2,1-4H3. The smallest absolute Gasteiger partial charge is 0.122 e. The number of nitrogens with zero attached hydrogens (tertiary/aromatic N) is 1. The van der Waals surface area contributed by atoms with Gasteiger partial charge in [-0.3, -0.25) is 0 Å². The second-order valence-corrected chi connectivity index (χ2v) is 7.61. The van der Waals surface area contributed by atoms with Gasteiger partial charge in [0, 0.05) is 5.02 Å². The van der Waals surface area contributed by atoms with Crippen LogP contribution in [0.5, 0.6) is 5.75 Å². The monoisotopic (exact) mass is 305 g/mol. The highest BCUT2D eigenvalue weighted by Crippen LogP contribution is 2.41. The van der Waals surface area contributed by atoms with Crippen LogP contribution in [0.25, 0.3) is 0 Å². The number of rotatable bonds is 2. The van der Waals surface area contributed by atoms with E-state index in [4.69, 9.17) is 16.3 Å². The van der Waals surface area contributed by atoms with Gasteiger partial charge in [0.1, 0.15) is 11.9 Å². The molecule has 0 aliphatic heterocycles. The molecular formula is C18H24ClNO. The van der Waals surface area contributed by atoms with Gasteiger partial charge in [-0.15, -0.1) is 0 Å². The summed E-state index contributed by atoms with van der Waals surface area (Å²) in [4.78, 5) is 0. The molecular weight excluding hydrogens is 282 g/mol. The van der Waals surface area contributed by atoms with Gasteiger partial charge in [0.2, 0.25) is 0 Å². The molecule has 114 valence electrons. The first-order valence-corrected chi connectivity index (χ1v) is 8.01. The predicted octanol–water partition coefficient (Wildman–Crippen LogP) is 5.38. The summed E-state index contributed by atoms with van der Waals surface area (Å²) in [7, 11) is 0. The Morgan fingerprint density at radius 2 is 2.00 bits per heavy atom. The quantitative estimate of drug-likeness (QED) is 0.734. The minimum atomic E-state index is -0.0205. The van der Waals surface area contributed by atoms with Gasteiger partial charge in [-0.2, -0.15) is 5.26 Å². The number of benzene rings is 1. The average molecular weight is 306 g/mol. The summed E-state index contributed by atoms with van der Waals surface area (Å²) in [5, 5.41) is 10.1. The Kier molecular flexibility index (Phi) is 4.84. The van der Waals surface area contributed by atoms with Crippen molar-refractivity contribution in [2.24, 2.45) is 17.3 Å². The van der Waals surface area contributed by atoms with E-state index < -0.39 is 0 Å². The summed E-state index contributed by atoms with van der Waals surface area (Å²) in [6.45, 7) is 8.81. The van der Waals surface area contributed by atoms with E-state index in [-0.39, 0.29) is 17.4 Å². The highest BCUT2D eigenvalue weighted by atomic mass is 35.5. The van der Waals surface area contributed by atoms with Crippen LogP contribution in [-0.4, -0.2) is 6.10 Å². The fourth-order valence-corrected chi connectivity index (χ4v) is 3.33. The Labute approximate surface area is 133 Å². The Hall–Kier alpha value is -1.20. The number of hydrogen-bond acceptors (Lipinski definition) is 2. The maximum atomic E-state index is 9.39. The second kappa shape index (κ2) is 6.28. The van der Waals surface area contributed by atoms with Crippen LogP contribution < -0.4 is 4.74 Å². The minimum Gasteiger partial charge on any atom is -0.489 e. The molecule has 1 aromatic carbocycles. The van der Waals surface area contributed by atoms with E-state index in [1.807, 2.05) is 25.1 Å². The van der Waals surface area contributed by atoms with E-state index in [1.165, 1.54) is 0 Å². The summed E-state index contributed by atoms with van der Waals surface area (Å²) < 4.78 is 6.19. The molecule has 0 N–H and O–H groups in total. The van der Waals surface area contributed by atoms with E-state index in [0.29, 0.717) is 10.9 Å². The molecule has 21 heavy (non-hydrogen) atoms. The van der Waals surface area contributed by atoms with Gasteiger partial charge in [0.05, 0.1) is 12.0 Å². The van der Waals surface area contributed by atoms with Crippen LogP contribution in [-0.2, 0) is 0 Å². The van der Waals surface area contributed by atoms with Crippen molar-refractivity contribution in [2.45, 2.75) is 53.1 Å². The lowest BCUT2D eigenvalue weighted by Crippen LogP contribution is -2.38. The molecule has 3 atom stereocenters. The SMILES string of the molecule is Cc1cc(Cl)ccc1OC1CC(C(C)(C)C)CCC1C#N. The third-order valence-corrected chi connectivity index (χ3v) is 4.83. The summed E-state index contributed by atoms with van der Waals surface area (Å²) in [5.41, 5.74) is 1.29. The van der Waals surface area contributed by atoms with Crippen LogP contribution in [0.2, 0.25) is 5.02 Å². The number of halogens is 1. The topological polar surface area (TPSA) is 33.0 Å². The molecule has 0 spiro atoms. The largest absolute Gasteiger partial charge is 0.489 e. The van der Waals surface area contributed by atoms with Gasteiger partial charge in [0.15, 0.2) is 0 Å². The molecule has 3 unspecified atom stereocenters. The van der Waals surface area contributed by atoms with E-state index in [1.54, 1.807) is 0 Å². The summed E-state index contributed by atoms with van der Waals surface area (Å²) in [6.07, 6.45) is 2.97. The molecule has 0 bridgehead atoms. The summed E-state index contributed by atoms with van der Waals surface area (Å²) >= 11 is 5.99. The Morgan fingerprint density at radius 3 is 2.57 bits per heavy atom. The van der Waals surface area contributed by atoms with Gasteiger partial charge >= 0.3 is 0 Å². The molecule has 0 saturated heterocycles. The zero-order valence-electron chi connectivity index (χ0n) is 13.3. The van der Waals surface area contributed by atoms with Crippen molar-refractivity contribution in [3.63, 3.8) is 0 Å². The van der Waals surface area contributed by atoms with Crippen molar-refractivity contribution >= 4 is 11.6 Å². The zero-order valence-corrected chi connectivity index (χ0v) is 14.1. The summed E-state index contributed by atoms with van der Waals surface area (Å²) in [5.74, 6) is 1.43. The van der Waals surface area contributed by atoms with Crippen LogP contribution in [0.4, 0.5) is 0 Å². The van der Waals surface area contributed by atoms with Crippen molar-refractivity contribution in [3.05, 3.63) is 28.8 Å². The molecule has 0 aromatic heterocycles. The number of aryl methyl sites for hydroxylation is 1.